The Bertz CT molecular complexity index is 1330. The fourth-order valence-corrected chi connectivity index (χ4v) is 4.12. The number of nitrogens with zero attached hydrogens (tertiary/aromatic N) is 3. The first-order chi connectivity index (χ1) is 16.1. The van der Waals surface area contributed by atoms with Gasteiger partial charge in [-0.1, -0.05) is 18.2 Å². The summed E-state index contributed by atoms with van der Waals surface area (Å²) in [5.74, 6) is 0.652. The van der Waals surface area contributed by atoms with Crippen molar-refractivity contribution < 1.29 is 57.5 Å². The summed E-state index contributed by atoms with van der Waals surface area (Å²) < 4.78 is 22.0. The van der Waals surface area contributed by atoms with Crippen molar-refractivity contribution in [2.24, 2.45) is 0 Å². The molecule has 0 fully saturated rings. The smallest absolute Gasteiger partial charge is 0.779 e. The zero-order valence-corrected chi connectivity index (χ0v) is 23.1. The third kappa shape index (κ3) is 6.50. The van der Waals surface area contributed by atoms with E-state index in [0.29, 0.717) is 24.3 Å². The largest absolute Gasteiger partial charge is 1.00 e. The molecule has 178 valence electrons. The molecule has 4 rings (SSSR count). The van der Waals surface area contributed by atoms with Gasteiger partial charge in [0.05, 0.1) is 6.54 Å². The monoisotopic (exact) mass is 505 g/mol. The van der Waals surface area contributed by atoms with Gasteiger partial charge in [0.1, 0.15) is 31.5 Å². The van der Waals surface area contributed by atoms with E-state index in [-0.39, 0.29) is 47.8 Å². The SMILES string of the molecule is Cc1c(CN(C)C(=O)/C=C/c2cnc3c(c2)CCC(=O)N3COP(C)(=O)[O-])oc2ccccc12.[Na+]. The summed E-state index contributed by atoms with van der Waals surface area (Å²) in [4.78, 5) is 43.3. The number of fused-ring (bicyclic) bond motifs is 2. The van der Waals surface area contributed by atoms with Crippen LogP contribution in [-0.4, -0.2) is 42.1 Å². The fourth-order valence-electron chi connectivity index (χ4n) is 3.79. The van der Waals surface area contributed by atoms with E-state index in [4.69, 9.17) is 8.94 Å². The van der Waals surface area contributed by atoms with Crippen LogP contribution in [0.2, 0.25) is 0 Å². The van der Waals surface area contributed by atoms with E-state index in [9.17, 15) is 19.0 Å². The Morgan fingerprint density at radius 2 is 2.09 bits per heavy atom. The van der Waals surface area contributed by atoms with Crippen molar-refractivity contribution in [3.8, 4) is 0 Å². The summed E-state index contributed by atoms with van der Waals surface area (Å²) in [6.07, 6.45) is 5.34. The number of aryl methyl sites for hydroxylation is 2. The number of amides is 2. The number of para-hydroxylation sites is 1. The third-order valence-corrected chi connectivity index (χ3v) is 6.25. The van der Waals surface area contributed by atoms with Crippen LogP contribution in [0.15, 0.2) is 47.0 Å². The first-order valence-corrected chi connectivity index (χ1v) is 12.7. The molecule has 0 bridgehead atoms. The third-order valence-electron chi connectivity index (χ3n) is 5.67. The van der Waals surface area contributed by atoms with Gasteiger partial charge in [-0.05, 0) is 42.7 Å². The Balaban J connectivity index is 0.00000342. The summed E-state index contributed by atoms with van der Waals surface area (Å²) in [5, 5.41) is 1.03. The van der Waals surface area contributed by atoms with Crippen LogP contribution in [0.1, 0.15) is 28.9 Å². The molecule has 1 aliphatic heterocycles. The minimum atomic E-state index is -3.98. The number of rotatable bonds is 7. The number of pyridine rings is 1. The van der Waals surface area contributed by atoms with Gasteiger partial charge in [0.2, 0.25) is 11.8 Å². The van der Waals surface area contributed by atoms with Gasteiger partial charge in [-0.2, -0.15) is 0 Å². The second-order valence-corrected chi connectivity index (χ2v) is 10.1. The number of hydrogen-bond donors (Lipinski definition) is 0. The normalized spacial score (nSPS) is 15.1. The second-order valence-electron chi connectivity index (χ2n) is 8.28. The molecule has 2 aromatic heterocycles. The van der Waals surface area contributed by atoms with E-state index in [1.54, 1.807) is 18.0 Å². The van der Waals surface area contributed by atoms with Crippen molar-refractivity contribution in [1.29, 1.82) is 0 Å². The standard InChI is InChI=1S/C24H26N3O6P.Na/c1-16-19-6-4-5-7-20(19)33-21(16)14-26(2)22(28)10-8-17-12-18-9-11-23(29)27(24(18)25-13-17)15-32-34(3,30)31;/h4-8,10,12-13H,9,11,14-15H2,1-3H3,(H,30,31);/q;+1/p-1/b10-8+;. The number of anilines is 1. The average Bonchev–Trinajstić information content (AvgIpc) is 3.11. The number of hydrogen-bond acceptors (Lipinski definition) is 7. The molecule has 2 amide bonds. The molecule has 0 spiro atoms. The van der Waals surface area contributed by atoms with Gasteiger partial charge in [-0.25, -0.2) is 4.98 Å². The minimum absolute atomic E-state index is 0. The van der Waals surface area contributed by atoms with E-state index in [2.05, 4.69) is 4.98 Å². The van der Waals surface area contributed by atoms with Crippen LogP contribution in [0, 0.1) is 6.92 Å². The maximum absolute atomic E-state index is 12.7. The molecule has 9 nitrogen and oxygen atoms in total. The molecule has 0 saturated carbocycles. The number of carbonyl (C=O) groups is 2. The minimum Gasteiger partial charge on any atom is -0.779 e. The zero-order chi connectivity index (χ0) is 24.5. The van der Waals surface area contributed by atoms with E-state index in [0.717, 1.165) is 34.5 Å². The van der Waals surface area contributed by atoms with Crippen molar-refractivity contribution in [2.75, 3.05) is 25.3 Å². The van der Waals surface area contributed by atoms with Crippen molar-refractivity contribution in [3.05, 3.63) is 65.1 Å². The number of likely N-dealkylation sites (N-methyl/N-ethyl adjacent to an activating group) is 1. The van der Waals surface area contributed by atoms with Crippen molar-refractivity contribution in [3.63, 3.8) is 0 Å². The number of furan rings is 1. The summed E-state index contributed by atoms with van der Waals surface area (Å²) in [6, 6.07) is 9.59. The Hall–Kier alpha value is -2.26. The first kappa shape index (κ1) is 27.3. The van der Waals surface area contributed by atoms with Gasteiger partial charge in [0, 0.05) is 43.4 Å². The molecular weight excluding hydrogens is 480 g/mol. The molecule has 3 aromatic rings. The Morgan fingerprint density at radius 1 is 1.34 bits per heavy atom. The van der Waals surface area contributed by atoms with Crippen LogP contribution in [-0.2, 0) is 31.6 Å². The van der Waals surface area contributed by atoms with Crippen molar-refractivity contribution in [1.82, 2.24) is 9.88 Å². The van der Waals surface area contributed by atoms with E-state index < -0.39 is 14.3 Å². The molecule has 3 heterocycles. The van der Waals surface area contributed by atoms with Crippen LogP contribution >= 0.6 is 7.60 Å². The topological polar surface area (TPSA) is 116 Å². The fraction of sp³-hybridized carbons (Fsp3) is 0.292. The Morgan fingerprint density at radius 3 is 2.80 bits per heavy atom. The summed E-state index contributed by atoms with van der Waals surface area (Å²) in [5.41, 5.74) is 3.28. The molecule has 1 aliphatic rings. The first-order valence-electron chi connectivity index (χ1n) is 10.7. The van der Waals surface area contributed by atoms with Crippen LogP contribution in [0.25, 0.3) is 17.0 Å². The van der Waals surface area contributed by atoms with Crippen LogP contribution in [0.3, 0.4) is 0 Å². The van der Waals surface area contributed by atoms with E-state index >= 15 is 0 Å². The van der Waals surface area contributed by atoms with Gasteiger partial charge in [0.15, 0.2) is 0 Å². The molecule has 11 heteroatoms. The summed E-state index contributed by atoms with van der Waals surface area (Å²) >= 11 is 0. The quantitative estimate of drug-likeness (QED) is 0.257. The predicted molar refractivity (Wildman–Crippen MR) is 126 cm³/mol. The predicted octanol–water partition coefficient (Wildman–Crippen LogP) is 0.249. The maximum atomic E-state index is 12.7. The van der Waals surface area contributed by atoms with Crippen LogP contribution in [0.5, 0.6) is 0 Å². The second kappa shape index (κ2) is 11.2. The Kier molecular flexibility index (Phi) is 8.75. The van der Waals surface area contributed by atoms with Crippen LogP contribution in [0.4, 0.5) is 5.82 Å². The maximum Gasteiger partial charge on any atom is 1.00 e. The molecule has 35 heavy (non-hydrogen) atoms. The van der Waals surface area contributed by atoms with Gasteiger partial charge < -0.3 is 23.3 Å². The average molecular weight is 505 g/mol. The van der Waals surface area contributed by atoms with Gasteiger partial charge in [-0.3, -0.25) is 14.5 Å². The van der Waals surface area contributed by atoms with Gasteiger partial charge >= 0.3 is 29.6 Å². The molecule has 0 N–H and O–H groups in total. The number of aromatic nitrogens is 1. The Labute approximate surface area is 225 Å². The molecule has 0 aliphatic carbocycles. The molecule has 0 radical (unpaired) electrons. The zero-order valence-electron chi connectivity index (χ0n) is 20.2. The van der Waals surface area contributed by atoms with E-state index in [1.807, 2.05) is 37.3 Å². The van der Waals surface area contributed by atoms with Crippen molar-refractivity contribution in [2.45, 2.75) is 26.3 Å². The number of benzene rings is 1. The van der Waals surface area contributed by atoms with E-state index in [1.165, 1.54) is 17.2 Å². The summed E-state index contributed by atoms with van der Waals surface area (Å²) in [7, 11) is -2.28. The molecule has 1 atom stereocenters. The van der Waals surface area contributed by atoms with Gasteiger partial charge in [-0.15, -0.1) is 0 Å². The molecule has 1 unspecified atom stereocenters. The van der Waals surface area contributed by atoms with Gasteiger partial charge in [0.25, 0.3) is 0 Å². The van der Waals surface area contributed by atoms with Crippen molar-refractivity contribution >= 4 is 42.3 Å². The molecule has 1 aromatic carbocycles. The molecular formula is C24H25N3NaO6P. The number of carbonyl (C=O) groups excluding carboxylic acids is 2. The summed E-state index contributed by atoms with van der Waals surface area (Å²) in [6.45, 7) is 2.86. The van der Waals surface area contributed by atoms with Crippen LogP contribution < -0.4 is 39.4 Å². The molecule has 0 saturated heterocycles.